The fraction of sp³-hybridized carbons (Fsp3) is 0.462. The lowest BCUT2D eigenvalue weighted by Crippen LogP contribution is -2.14. The van der Waals surface area contributed by atoms with Gasteiger partial charge in [-0.15, -0.1) is 0 Å². The van der Waals surface area contributed by atoms with Gasteiger partial charge >= 0.3 is 0 Å². The van der Waals surface area contributed by atoms with Crippen molar-refractivity contribution >= 4 is 15.7 Å². The molecule has 0 aliphatic heterocycles. The number of nitrogens with one attached hydrogen (secondary N) is 1. The third kappa shape index (κ3) is 5.28. The predicted molar refractivity (Wildman–Crippen MR) is 76.8 cm³/mol. The standard InChI is InChI=1S/C13H20N2O4S/c1-18-7-2-8-19-9-10-20(16,17)12-5-3-11(4-6-12)13(14)15/h3-6H,2,7-10H2,1H3,(H3,14,15). The van der Waals surface area contributed by atoms with E-state index in [-0.39, 0.29) is 23.1 Å². The van der Waals surface area contributed by atoms with E-state index in [0.29, 0.717) is 18.8 Å². The molecule has 1 aromatic rings. The summed E-state index contributed by atoms with van der Waals surface area (Å²) in [7, 11) is -1.76. The number of sulfone groups is 1. The second-order valence-corrected chi connectivity index (χ2v) is 6.32. The molecule has 0 aromatic heterocycles. The van der Waals surface area contributed by atoms with Crippen LogP contribution in [0.2, 0.25) is 0 Å². The van der Waals surface area contributed by atoms with Crippen LogP contribution in [-0.4, -0.2) is 46.9 Å². The molecular weight excluding hydrogens is 280 g/mol. The average Bonchev–Trinajstić information content (AvgIpc) is 2.43. The molecule has 7 heteroatoms. The minimum atomic E-state index is -3.36. The molecule has 0 fully saturated rings. The van der Waals surface area contributed by atoms with E-state index < -0.39 is 9.84 Å². The monoisotopic (exact) mass is 300 g/mol. The molecule has 0 bridgehead atoms. The number of nitrogens with two attached hydrogens (primary N) is 1. The highest BCUT2D eigenvalue weighted by Gasteiger charge is 2.14. The van der Waals surface area contributed by atoms with E-state index in [9.17, 15) is 8.42 Å². The van der Waals surface area contributed by atoms with Crippen molar-refractivity contribution in [3.8, 4) is 0 Å². The molecule has 1 rings (SSSR count). The van der Waals surface area contributed by atoms with E-state index >= 15 is 0 Å². The first-order chi connectivity index (χ1) is 9.47. The summed E-state index contributed by atoms with van der Waals surface area (Å²) in [4.78, 5) is 0.211. The molecule has 0 spiro atoms. The zero-order chi connectivity index (χ0) is 15.0. The second kappa shape index (κ2) is 7.98. The van der Waals surface area contributed by atoms with Crippen LogP contribution in [0.1, 0.15) is 12.0 Å². The van der Waals surface area contributed by atoms with Gasteiger partial charge in [-0.2, -0.15) is 0 Å². The van der Waals surface area contributed by atoms with E-state index in [1.54, 1.807) is 7.11 Å². The van der Waals surface area contributed by atoms with Crippen LogP contribution in [0.5, 0.6) is 0 Å². The lowest BCUT2D eigenvalue weighted by Gasteiger charge is -2.06. The quantitative estimate of drug-likeness (QED) is 0.399. The fourth-order valence-electron chi connectivity index (χ4n) is 1.54. The smallest absolute Gasteiger partial charge is 0.180 e. The first-order valence-electron chi connectivity index (χ1n) is 6.21. The molecule has 0 radical (unpaired) electrons. The van der Waals surface area contributed by atoms with Crippen LogP contribution >= 0.6 is 0 Å². The van der Waals surface area contributed by atoms with Gasteiger partial charge in [-0.3, -0.25) is 5.41 Å². The van der Waals surface area contributed by atoms with Crippen LogP contribution in [0, 0.1) is 5.41 Å². The van der Waals surface area contributed by atoms with Crippen LogP contribution in [0.4, 0.5) is 0 Å². The van der Waals surface area contributed by atoms with Crippen molar-refractivity contribution in [2.45, 2.75) is 11.3 Å². The Kier molecular flexibility index (Phi) is 6.63. The molecule has 0 atom stereocenters. The van der Waals surface area contributed by atoms with Gasteiger partial charge < -0.3 is 15.2 Å². The number of amidine groups is 1. The number of ether oxygens (including phenoxy) is 2. The maximum Gasteiger partial charge on any atom is 0.180 e. The zero-order valence-electron chi connectivity index (χ0n) is 11.5. The Labute approximate surface area is 119 Å². The molecule has 0 aliphatic carbocycles. The number of benzene rings is 1. The van der Waals surface area contributed by atoms with Gasteiger partial charge in [0.1, 0.15) is 5.84 Å². The molecule has 112 valence electrons. The molecular formula is C13H20N2O4S. The summed E-state index contributed by atoms with van der Waals surface area (Å²) in [6.07, 6.45) is 0.740. The van der Waals surface area contributed by atoms with Gasteiger partial charge in [0.2, 0.25) is 0 Å². The summed E-state index contributed by atoms with van der Waals surface area (Å²) >= 11 is 0. The second-order valence-electron chi connectivity index (χ2n) is 4.22. The highest BCUT2D eigenvalue weighted by molar-refractivity contribution is 7.91. The largest absolute Gasteiger partial charge is 0.385 e. The number of rotatable bonds is 9. The van der Waals surface area contributed by atoms with Crippen molar-refractivity contribution in [1.29, 1.82) is 5.41 Å². The molecule has 0 saturated carbocycles. The predicted octanol–water partition coefficient (Wildman–Crippen LogP) is 0.797. The van der Waals surface area contributed by atoms with Gasteiger partial charge in [0.25, 0.3) is 0 Å². The van der Waals surface area contributed by atoms with Crippen LogP contribution in [0.25, 0.3) is 0 Å². The summed E-state index contributed by atoms with van der Waals surface area (Å²) in [5.41, 5.74) is 5.81. The van der Waals surface area contributed by atoms with Crippen molar-refractivity contribution in [2.75, 3.05) is 32.7 Å². The molecule has 0 aliphatic rings. The van der Waals surface area contributed by atoms with Crippen LogP contribution in [-0.2, 0) is 19.3 Å². The van der Waals surface area contributed by atoms with E-state index in [0.717, 1.165) is 6.42 Å². The van der Waals surface area contributed by atoms with Crippen LogP contribution < -0.4 is 5.73 Å². The van der Waals surface area contributed by atoms with Crippen LogP contribution in [0.3, 0.4) is 0 Å². The summed E-state index contributed by atoms with van der Waals surface area (Å²) < 4.78 is 34.1. The highest BCUT2D eigenvalue weighted by atomic mass is 32.2. The maximum absolute atomic E-state index is 12.0. The van der Waals surface area contributed by atoms with Gasteiger partial charge in [0, 0.05) is 25.9 Å². The fourth-order valence-corrected chi connectivity index (χ4v) is 2.66. The van der Waals surface area contributed by atoms with Gasteiger partial charge in [-0.25, -0.2) is 8.42 Å². The average molecular weight is 300 g/mol. The van der Waals surface area contributed by atoms with E-state index in [1.165, 1.54) is 24.3 Å². The number of hydrogen-bond donors (Lipinski definition) is 2. The minimum Gasteiger partial charge on any atom is -0.385 e. The van der Waals surface area contributed by atoms with E-state index in [2.05, 4.69) is 0 Å². The lowest BCUT2D eigenvalue weighted by atomic mass is 10.2. The van der Waals surface area contributed by atoms with Gasteiger partial charge in [-0.05, 0) is 18.6 Å². The van der Waals surface area contributed by atoms with Gasteiger partial charge in [0.15, 0.2) is 9.84 Å². The topological polar surface area (TPSA) is 102 Å². The van der Waals surface area contributed by atoms with E-state index in [4.69, 9.17) is 20.6 Å². The summed E-state index contributed by atoms with van der Waals surface area (Å²) in [6, 6.07) is 5.96. The zero-order valence-corrected chi connectivity index (χ0v) is 12.3. The third-order valence-electron chi connectivity index (χ3n) is 2.66. The van der Waals surface area contributed by atoms with Crippen molar-refractivity contribution in [1.82, 2.24) is 0 Å². The van der Waals surface area contributed by atoms with Gasteiger partial charge in [0.05, 0.1) is 17.3 Å². The number of methoxy groups -OCH3 is 1. The molecule has 0 amide bonds. The minimum absolute atomic E-state index is 0.0700. The number of hydrogen-bond acceptors (Lipinski definition) is 5. The van der Waals surface area contributed by atoms with Crippen LogP contribution in [0.15, 0.2) is 29.2 Å². The molecule has 0 heterocycles. The lowest BCUT2D eigenvalue weighted by molar-refractivity contribution is 0.112. The Morgan fingerprint density at radius 1 is 1.20 bits per heavy atom. The first-order valence-corrected chi connectivity index (χ1v) is 7.86. The Balaban J connectivity index is 2.49. The summed E-state index contributed by atoms with van der Waals surface area (Å²) in [5.74, 6) is -0.158. The molecule has 3 N–H and O–H groups in total. The van der Waals surface area contributed by atoms with E-state index in [1.807, 2.05) is 0 Å². The van der Waals surface area contributed by atoms with Gasteiger partial charge in [-0.1, -0.05) is 12.1 Å². The Morgan fingerprint density at radius 3 is 2.40 bits per heavy atom. The summed E-state index contributed by atoms with van der Waals surface area (Å²) in [5, 5.41) is 7.25. The molecule has 20 heavy (non-hydrogen) atoms. The van der Waals surface area contributed by atoms with Crippen molar-refractivity contribution in [3.63, 3.8) is 0 Å². The summed E-state index contributed by atoms with van der Waals surface area (Å²) in [6.45, 7) is 1.23. The Morgan fingerprint density at radius 2 is 1.85 bits per heavy atom. The normalized spacial score (nSPS) is 11.4. The SMILES string of the molecule is COCCCOCCS(=O)(=O)c1ccc(C(=N)N)cc1. The number of nitrogen functional groups attached to an aromatic ring is 1. The highest BCUT2D eigenvalue weighted by Crippen LogP contribution is 2.12. The first kappa shape index (κ1) is 16.6. The van der Waals surface area contributed by atoms with Crippen molar-refractivity contribution in [3.05, 3.63) is 29.8 Å². The third-order valence-corrected chi connectivity index (χ3v) is 4.35. The molecule has 1 aromatic carbocycles. The Hall–Kier alpha value is -1.44. The maximum atomic E-state index is 12.0. The molecule has 0 saturated heterocycles. The molecule has 6 nitrogen and oxygen atoms in total. The van der Waals surface area contributed by atoms with Crippen molar-refractivity contribution in [2.24, 2.45) is 5.73 Å². The molecule has 0 unspecified atom stereocenters. The Bertz CT molecular complexity index is 526. The van der Waals surface area contributed by atoms with Crippen molar-refractivity contribution < 1.29 is 17.9 Å².